The fourth-order valence-electron chi connectivity index (χ4n) is 2.29. The Morgan fingerprint density at radius 2 is 1.86 bits per heavy atom. The van der Waals surface area contributed by atoms with Crippen molar-refractivity contribution in [1.29, 1.82) is 0 Å². The lowest BCUT2D eigenvalue weighted by molar-refractivity contribution is 0.420. The molecule has 0 aromatic heterocycles. The van der Waals surface area contributed by atoms with Gasteiger partial charge in [0.2, 0.25) is 0 Å². The van der Waals surface area contributed by atoms with Crippen LogP contribution in [-0.4, -0.2) is 6.04 Å². The van der Waals surface area contributed by atoms with Crippen molar-refractivity contribution in [1.82, 2.24) is 0 Å². The summed E-state index contributed by atoms with van der Waals surface area (Å²) in [5.41, 5.74) is 4.15. The van der Waals surface area contributed by atoms with Gasteiger partial charge < -0.3 is 5.32 Å². The highest BCUT2D eigenvalue weighted by Crippen LogP contribution is 2.37. The Balaban J connectivity index is 2.45. The molecule has 0 radical (unpaired) electrons. The molecule has 0 saturated heterocycles. The molecule has 1 nitrogen and oxygen atoms in total. The van der Waals surface area contributed by atoms with E-state index in [-0.39, 0.29) is 0 Å². The number of fused-ring (bicyclic) bond motifs is 1. The van der Waals surface area contributed by atoms with E-state index in [1.165, 1.54) is 16.8 Å². The lowest BCUT2D eigenvalue weighted by Crippen LogP contribution is -2.32. The highest BCUT2D eigenvalue weighted by atomic mass is 14.9. The zero-order valence-electron chi connectivity index (χ0n) is 9.46. The predicted octanol–water partition coefficient (Wildman–Crippen LogP) is 3.55. The first-order chi connectivity index (χ1) is 6.59. The number of hydrogen-bond acceptors (Lipinski definition) is 1. The summed E-state index contributed by atoms with van der Waals surface area (Å²) in [6.07, 6.45) is 0. The normalized spacial score (nSPS) is 30.7. The molecule has 2 rings (SSSR count). The van der Waals surface area contributed by atoms with Crippen molar-refractivity contribution < 1.29 is 0 Å². The monoisotopic (exact) mass is 189 g/mol. The van der Waals surface area contributed by atoms with Gasteiger partial charge in [-0.25, -0.2) is 0 Å². The maximum absolute atomic E-state index is 3.58. The molecular weight excluding hydrogens is 170 g/mol. The number of benzene rings is 1. The smallest absolute Gasteiger partial charge is 0.0380 e. The number of anilines is 1. The van der Waals surface area contributed by atoms with E-state index in [2.05, 4.69) is 51.2 Å². The maximum Gasteiger partial charge on any atom is 0.0380 e. The van der Waals surface area contributed by atoms with Crippen molar-refractivity contribution in [2.24, 2.45) is 5.92 Å². The van der Waals surface area contributed by atoms with Crippen LogP contribution in [0.4, 0.5) is 5.69 Å². The van der Waals surface area contributed by atoms with Gasteiger partial charge in [0, 0.05) is 11.7 Å². The molecule has 1 aromatic rings. The van der Waals surface area contributed by atoms with Gasteiger partial charge in [0.25, 0.3) is 0 Å². The number of aryl methyl sites for hydroxylation is 1. The average molecular weight is 189 g/mol. The first kappa shape index (κ1) is 9.57. The van der Waals surface area contributed by atoms with Crippen molar-refractivity contribution in [3.05, 3.63) is 29.3 Å². The third-order valence-corrected chi connectivity index (χ3v) is 3.66. The zero-order chi connectivity index (χ0) is 10.3. The fourth-order valence-corrected chi connectivity index (χ4v) is 2.29. The lowest BCUT2D eigenvalue weighted by Gasteiger charge is -2.35. The number of hydrogen-bond donors (Lipinski definition) is 1. The van der Waals surface area contributed by atoms with Crippen LogP contribution in [0.5, 0.6) is 0 Å². The Kier molecular flexibility index (Phi) is 2.26. The van der Waals surface area contributed by atoms with Gasteiger partial charge in [-0.2, -0.15) is 0 Å². The Bertz CT molecular complexity index is 343. The summed E-state index contributed by atoms with van der Waals surface area (Å²) in [5, 5.41) is 3.58. The maximum atomic E-state index is 3.58. The predicted molar refractivity (Wildman–Crippen MR) is 61.8 cm³/mol. The van der Waals surface area contributed by atoms with Crippen LogP contribution < -0.4 is 5.32 Å². The number of nitrogens with one attached hydrogen (secondary N) is 1. The second kappa shape index (κ2) is 3.30. The third kappa shape index (κ3) is 1.41. The molecule has 76 valence electrons. The Morgan fingerprint density at radius 1 is 1.14 bits per heavy atom. The quantitative estimate of drug-likeness (QED) is 0.658. The van der Waals surface area contributed by atoms with Gasteiger partial charge in [-0.15, -0.1) is 0 Å². The van der Waals surface area contributed by atoms with E-state index in [4.69, 9.17) is 0 Å². The van der Waals surface area contributed by atoms with Crippen molar-refractivity contribution >= 4 is 5.69 Å². The van der Waals surface area contributed by atoms with Crippen LogP contribution in [0.15, 0.2) is 18.2 Å². The Hall–Kier alpha value is -0.980. The Morgan fingerprint density at radius 3 is 2.57 bits per heavy atom. The minimum atomic E-state index is 0.583. The lowest BCUT2D eigenvalue weighted by atomic mass is 9.80. The molecule has 1 N–H and O–H groups in total. The van der Waals surface area contributed by atoms with Crippen molar-refractivity contribution in [3.63, 3.8) is 0 Å². The van der Waals surface area contributed by atoms with E-state index < -0.39 is 0 Å². The standard InChI is InChI=1S/C13H19N/c1-8-5-6-12-10(3)9(2)11(4)14-13(12)7-8/h5-7,9-11,14H,1-4H3. The van der Waals surface area contributed by atoms with E-state index in [1.54, 1.807) is 0 Å². The summed E-state index contributed by atoms with van der Waals surface area (Å²) in [7, 11) is 0. The minimum Gasteiger partial charge on any atom is -0.382 e. The van der Waals surface area contributed by atoms with Gasteiger partial charge in [0.1, 0.15) is 0 Å². The van der Waals surface area contributed by atoms with Gasteiger partial charge in [-0.05, 0) is 42.9 Å². The van der Waals surface area contributed by atoms with Crippen molar-refractivity contribution in [2.45, 2.75) is 39.7 Å². The topological polar surface area (TPSA) is 12.0 Å². The highest BCUT2D eigenvalue weighted by Gasteiger charge is 2.27. The molecule has 0 bridgehead atoms. The second-order valence-corrected chi connectivity index (χ2v) is 4.67. The largest absolute Gasteiger partial charge is 0.382 e. The van der Waals surface area contributed by atoms with Crippen LogP contribution in [0, 0.1) is 12.8 Å². The molecule has 0 aliphatic carbocycles. The van der Waals surface area contributed by atoms with Gasteiger partial charge in [-0.3, -0.25) is 0 Å². The Labute approximate surface area is 86.5 Å². The van der Waals surface area contributed by atoms with E-state index in [9.17, 15) is 0 Å². The molecule has 3 atom stereocenters. The average Bonchev–Trinajstić information content (AvgIpc) is 2.14. The molecule has 3 unspecified atom stereocenters. The van der Waals surface area contributed by atoms with E-state index in [0.717, 1.165) is 0 Å². The summed E-state index contributed by atoms with van der Waals surface area (Å²) in [5.74, 6) is 1.38. The molecule has 0 spiro atoms. The first-order valence-corrected chi connectivity index (χ1v) is 5.46. The second-order valence-electron chi connectivity index (χ2n) is 4.67. The minimum absolute atomic E-state index is 0.583. The molecule has 1 aliphatic heterocycles. The third-order valence-electron chi connectivity index (χ3n) is 3.66. The molecule has 1 aliphatic rings. The van der Waals surface area contributed by atoms with Gasteiger partial charge in [0.15, 0.2) is 0 Å². The zero-order valence-corrected chi connectivity index (χ0v) is 9.46. The van der Waals surface area contributed by atoms with Gasteiger partial charge >= 0.3 is 0 Å². The first-order valence-electron chi connectivity index (χ1n) is 5.46. The summed E-state index contributed by atoms with van der Waals surface area (Å²) in [6.45, 7) is 9.07. The SMILES string of the molecule is Cc1ccc2c(c1)NC(C)C(C)C2C. The van der Waals surface area contributed by atoms with E-state index in [1.807, 2.05) is 0 Å². The summed E-state index contributed by atoms with van der Waals surface area (Å²) in [4.78, 5) is 0. The van der Waals surface area contributed by atoms with Crippen LogP contribution in [0.1, 0.15) is 37.8 Å². The van der Waals surface area contributed by atoms with Crippen LogP contribution >= 0.6 is 0 Å². The molecule has 0 fully saturated rings. The molecule has 1 heteroatoms. The van der Waals surface area contributed by atoms with Crippen LogP contribution in [-0.2, 0) is 0 Å². The van der Waals surface area contributed by atoms with E-state index in [0.29, 0.717) is 17.9 Å². The van der Waals surface area contributed by atoms with Crippen LogP contribution in [0.2, 0.25) is 0 Å². The van der Waals surface area contributed by atoms with Crippen LogP contribution in [0.3, 0.4) is 0 Å². The van der Waals surface area contributed by atoms with Crippen molar-refractivity contribution in [2.75, 3.05) is 5.32 Å². The molecule has 0 amide bonds. The van der Waals surface area contributed by atoms with Crippen molar-refractivity contribution in [3.8, 4) is 0 Å². The summed E-state index contributed by atoms with van der Waals surface area (Å²) >= 11 is 0. The van der Waals surface area contributed by atoms with Gasteiger partial charge in [-0.1, -0.05) is 26.0 Å². The molecule has 14 heavy (non-hydrogen) atoms. The molecular formula is C13H19N. The molecule has 0 saturated carbocycles. The highest BCUT2D eigenvalue weighted by molar-refractivity contribution is 5.57. The number of rotatable bonds is 0. The molecule has 1 aromatic carbocycles. The van der Waals surface area contributed by atoms with Crippen LogP contribution in [0.25, 0.3) is 0 Å². The van der Waals surface area contributed by atoms with E-state index >= 15 is 0 Å². The summed E-state index contributed by atoms with van der Waals surface area (Å²) in [6, 6.07) is 7.32. The fraction of sp³-hybridized carbons (Fsp3) is 0.538. The summed E-state index contributed by atoms with van der Waals surface area (Å²) < 4.78 is 0. The molecule has 1 heterocycles. The van der Waals surface area contributed by atoms with Gasteiger partial charge in [0.05, 0.1) is 0 Å².